The summed E-state index contributed by atoms with van der Waals surface area (Å²) in [6.45, 7) is 2.14. The van der Waals surface area contributed by atoms with E-state index in [1.807, 2.05) is 12.1 Å². The minimum atomic E-state index is 0.833. The summed E-state index contributed by atoms with van der Waals surface area (Å²) in [4.78, 5) is 1.33. The maximum absolute atomic E-state index is 5.84. The van der Waals surface area contributed by atoms with Gasteiger partial charge in [-0.25, -0.2) is 0 Å². The van der Waals surface area contributed by atoms with E-state index in [9.17, 15) is 0 Å². The molecule has 2 heteroatoms. The molecule has 1 aromatic rings. The summed E-state index contributed by atoms with van der Waals surface area (Å²) in [5, 5.41) is 0.833. The van der Waals surface area contributed by atoms with Gasteiger partial charge in [-0.1, -0.05) is 18.5 Å². The van der Waals surface area contributed by atoms with Crippen LogP contribution in [0.5, 0.6) is 0 Å². The summed E-state index contributed by atoms with van der Waals surface area (Å²) < 4.78 is 0. The van der Waals surface area contributed by atoms with Crippen LogP contribution in [0.2, 0.25) is 5.02 Å². The quantitative estimate of drug-likeness (QED) is 0.636. The van der Waals surface area contributed by atoms with Crippen LogP contribution in [0, 0.1) is 0 Å². The summed E-state index contributed by atoms with van der Waals surface area (Å²) in [6.07, 6.45) is 3.14. The smallest absolute Gasteiger partial charge is 0.0409 e. The minimum Gasteiger partial charge on any atom is -0.129 e. The minimum absolute atomic E-state index is 0.833. The van der Waals surface area contributed by atoms with Crippen molar-refractivity contribution in [3.8, 4) is 0 Å². The van der Waals surface area contributed by atoms with E-state index in [1.54, 1.807) is 11.8 Å². The Morgan fingerprint density at radius 3 is 2.73 bits per heavy atom. The molecule has 60 valence electrons. The molecule has 0 amide bonds. The first-order valence-electron chi connectivity index (χ1n) is 3.60. The van der Waals surface area contributed by atoms with Crippen LogP contribution >= 0.6 is 23.4 Å². The van der Waals surface area contributed by atoms with Crippen LogP contribution in [0.3, 0.4) is 0 Å². The van der Waals surface area contributed by atoms with Gasteiger partial charge in [0.15, 0.2) is 0 Å². The van der Waals surface area contributed by atoms with E-state index in [4.69, 9.17) is 11.6 Å². The van der Waals surface area contributed by atoms with Crippen molar-refractivity contribution >= 4 is 23.4 Å². The monoisotopic (exact) mass is 186 g/mol. The summed E-state index contributed by atoms with van der Waals surface area (Å²) >= 11 is 7.61. The summed E-state index contributed by atoms with van der Waals surface area (Å²) in [6, 6.07) is 6.05. The molecule has 0 saturated heterocycles. The van der Waals surface area contributed by atoms with Crippen LogP contribution in [0.15, 0.2) is 23.1 Å². The Hall–Kier alpha value is -0.140. The highest BCUT2D eigenvalue weighted by molar-refractivity contribution is 7.98. The molecular formula is C9H11ClS. The highest BCUT2D eigenvalue weighted by Crippen LogP contribution is 2.23. The van der Waals surface area contributed by atoms with Gasteiger partial charge in [0.05, 0.1) is 0 Å². The third-order valence-corrected chi connectivity index (χ3v) is 2.70. The fourth-order valence-electron chi connectivity index (χ4n) is 1.02. The molecule has 0 aliphatic heterocycles. The van der Waals surface area contributed by atoms with Gasteiger partial charge in [-0.05, 0) is 36.4 Å². The van der Waals surface area contributed by atoms with Crippen molar-refractivity contribution < 1.29 is 0 Å². The summed E-state index contributed by atoms with van der Waals surface area (Å²) in [5.41, 5.74) is 1.34. The first-order chi connectivity index (χ1) is 5.27. The fourth-order valence-corrected chi connectivity index (χ4v) is 1.89. The standard InChI is InChI=1S/C9H11ClS/c1-3-7-6-8(10)4-5-9(7)11-2/h4-6H,3H2,1-2H3. The van der Waals surface area contributed by atoms with Gasteiger partial charge < -0.3 is 0 Å². The number of hydrogen-bond donors (Lipinski definition) is 0. The average Bonchev–Trinajstić information content (AvgIpc) is 2.04. The maximum atomic E-state index is 5.84. The number of rotatable bonds is 2. The van der Waals surface area contributed by atoms with E-state index in [-0.39, 0.29) is 0 Å². The van der Waals surface area contributed by atoms with Gasteiger partial charge in [0.1, 0.15) is 0 Å². The van der Waals surface area contributed by atoms with Crippen LogP contribution in [0.25, 0.3) is 0 Å². The molecule has 0 spiro atoms. The lowest BCUT2D eigenvalue weighted by Gasteiger charge is -2.03. The Balaban J connectivity index is 3.06. The second-order valence-corrected chi connectivity index (χ2v) is 3.59. The molecular weight excluding hydrogens is 176 g/mol. The molecule has 11 heavy (non-hydrogen) atoms. The van der Waals surface area contributed by atoms with Crippen molar-refractivity contribution in [3.63, 3.8) is 0 Å². The molecule has 0 bridgehead atoms. The second kappa shape index (κ2) is 4.03. The number of thioether (sulfide) groups is 1. The zero-order valence-corrected chi connectivity index (χ0v) is 8.30. The molecule has 0 saturated carbocycles. The number of hydrogen-bond acceptors (Lipinski definition) is 1. The molecule has 0 radical (unpaired) electrons. The number of halogens is 1. The first kappa shape index (κ1) is 8.95. The Kier molecular flexibility index (Phi) is 3.28. The van der Waals surface area contributed by atoms with Gasteiger partial charge in [-0.2, -0.15) is 0 Å². The van der Waals surface area contributed by atoms with Crippen LogP contribution in [0.1, 0.15) is 12.5 Å². The Bertz CT molecular complexity index is 245. The van der Waals surface area contributed by atoms with Gasteiger partial charge in [-0.15, -0.1) is 11.8 Å². The molecule has 0 N–H and O–H groups in total. The van der Waals surface area contributed by atoms with Crippen LogP contribution in [0.4, 0.5) is 0 Å². The second-order valence-electron chi connectivity index (χ2n) is 2.31. The van der Waals surface area contributed by atoms with Crippen LogP contribution in [-0.4, -0.2) is 6.26 Å². The maximum Gasteiger partial charge on any atom is 0.0409 e. The zero-order valence-electron chi connectivity index (χ0n) is 6.73. The lowest BCUT2D eigenvalue weighted by Crippen LogP contribution is -1.83. The van der Waals surface area contributed by atoms with Crippen molar-refractivity contribution in [3.05, 3.63) is 28.8 Å². The molecule has 0 nitrogen and oxygen atoms in total. The molecule has 0 aromatic heterocycles. The molecule has 0 unspecified atom stereocenters. The van der Waals surface area contributed by atoms with E-state index in [0.717, 1.165) is 11.4 Å². The molecule has 0 aliphatic carbocycles. The topological polar surface area (TPSA) is 0 Å². The van der Waals surface area contributed by atoms with Crippen molar-refractivity contribution in [2.24, 2.45) is 0 Å². The lowest BCUT2D eigenvalue weighted by atomic mass is 10.2. The average molecular weight is 187 g/mol. The highest BCUT2D eigenvalue weighted by Gasteiger charge is 1.98. The predicted molar refractivity (Wildman–Crippen MR) is 52.6 cm³/mol. The van der Waals surface area contributed by atoms with Crippen LogP contribution in [-0.2, 0) is 6.42 Å². The summed E-state index contributed by atoms with van der Waals surface area (Å²) in [5.74, 6) is 0. The third-order valence-electron chi connectivity index (χ3n) is 1.62. The van der Waals surface area contributed by atoms with Crippen molar-refractivity contribution in [2.75, 3.05) is 6.26 Å². The Labute approximate surface area is 77.0 Å². The number of aryl methyl sites for hydroxylation is 1. The van der Waals surface area contributed by atoms with Crippen LogP contribution < -0.4 is 0 Å². The fraction of sp³-hybridized carbons (Fsp3) is 0.333. The van der Waals surface area contributed by atoms with Gasteiger partial charge in [-0.3, -0.25) is 0 Å². The first-order valence-corrected chi connectivity index (χ1v) is 5.20. The van der Waals surface area contributed by atoms with Gasteiger partial charge in [0, 0.05) is 9.92 Å². The molecule has 1 rings (SSSR count). The molecule has 1 aromatic carbocycles. The van der Waals surface area contributed by atoms with E-state index >= 15 is 0 Å². The predicted octanol–water partition coefficient (Wildman–Crippen LogP) is 3.62. The van der Waals surface area contributed by atoms with Gasteiger partial charge in [0.25, 0.3) is 0 Å². The van der Waals surface area contributed by atoms with Gasteiger partial charge >= 0.3 is 0 Å². The largest absolute Gasteiger partial charge is 0.129 e. The Morgan fingerprint density at radius 1 is 1.45 bits per heavy atom. The van der Waals surface area contributed by atoms with E-state index in [0.29, 0.717) is 0 Å². The highest BCUT2D eigenvalue weighted by atomic mass is 35.5. The summed E-state index contributed by atoms with van der Waals surface area (Å²) in [7, 11) is 0. The lowest BCUT2D eigenvalue weighted by molar-refractivity contribution is 1.08. The molecule has 0 atom stereocenters. The van der Waals surface area contributed by atoms with Crippen molar-refractivity contribution in [2.45, 2.75) is 18.2 Å². The Morgan fingerprint density at radius 2 is 2.18 bits per heavy atom. The van der Waals surface area contributed by atoms with E-state index in [2.05, 4.69) is 19.2 Å². The van der Waals surface area contributed by atoms with E-state index < -0.39 is 0 Å². The zero-order chi connectivity index (χ0) is 8.27. The normalized spacial score (nSPS) is 10.1. The molecule has 0 aliphatic rings. The molecule has 0 fully saturated rings. The SMILES string of the molecule is CCc1cc(Cl)ccc1SC. The third kappa shape index (κ3) is 2.14. The van der Waals surface area contributed by atoms with Crippen molar-refractivity contribution in [1.29, 1.82) is 0 Å². The van der Waals surface area contributed by atoms with Gasteiger partial charge in [0.2, 0.25) is 0 Å². The van der Waals surface area contributed by atoms with E-state index in [1.165, 1.54) is 10.5 Å². The number of benzene rings is 1. The molecule has 0 heterocycles. The van der Waals surface area contributed by atoms with Crippen molar-refractivity contribution in [1.82, 2.24) is 0 Å².